The van der Waals surface area contributed by atoms with E-state index in [2.05, 4.69) is 0 Å². The van der Waals surface area contributed by atoms with Gasteiger partial charge in [-0.15, -0.1) is 0 Å². The van der Waals surface area contributed by atoms with E-state index in [1.165, 1.54) is 12.1 Å². The number of aromatic hydroxyl groups is 1. The van der Waals surface area contributed by atoms with Crippen molar-refractivity contribution in [1.82, 2.24) is 0 Å². The number of phenols is 1. The van der Waals surface area contributed by atoms with Gasteiger partial charge in [-0.2, -0.15) is 5.26 Å². The maximum absolute atomic E-state index is 9.12. The van der Waals surface area contributed by atoms with E-state index in [9.17, 15) is 0 Å². The van der Waals surface area contributed by atoms with Crippen molar-refractivity contribution in [3.63, 3.8) is 0 Å². The van der Waals surface area contributed by atoms with Gasteiger partial charge in [-0.25, -0.2) is 0 Å². The summed E-state index contributed by atoms with van der Waals surface area (Å²) in [6.45, 7) is 1.77. The van der Waals surface area contributed by atoms with E-state index in [0.29, 0.717) is 11.1 Å². The zero-order chi connectivity index (χ0) is 9.14. The van der Waals surface area contributed by atoms with Crippen LogP contribution in [0.2, 0.25) is 0 Å². The highest BCUT2D eigenvalue weighted by atomic mass is 16.3. The summed E-state index contributed by atoms with van der Waals surface area (Å²) in [6.07, 6.45) is 0. The first kappa shape index (κ1) is 8.57. The molecule has 0 amide bonds. The Hall–Kier alpha value is -1.53. The molecular formula is C9H10N2O. The number of nitrogens with zero attached hydrogens (tertiary/aromatic N) is 1. The maximum Gasteiger partial charge on any atom is 0.116 e. The number of benzene rings is 1. The first-order valence-electron chi connectivity index (χ1n) is 3.63. The molecule has 0 aromatic heterocycles. The average Bonchev–Trinajstić information content (AvgIpc) is 2.04. The topological polar surface area (TPSA) is 70.0 Å². The largest absolute Gasteiger partial charge is 0.508 e. The number of hydrogen-bond donors (Lipinski definition) is 2. The van der Waals surface area contributed by atoms with Crippen molar-refractivity contribution in [2.24, 2.45) is 5.73 Å². The summed E-state index contributed by atoms with van der Waals surface area (Å²) in [6, 6.07) is 6.34. The Kier molecular flexibility index (Phi) is 2.32. The molecule has 1 aromatic carbocycles. The van der Waals surface area contributed by atoms with E-state index in [0.717, 1.165) is 0 Å². The van der Waals surface area contributed by atoms with E-state index in [1.54, 1.807) is 13.0 Å². The van der Waals surface area contributed by atoms with E-state index in [1.807, 2.05) is 6.07 Å². The third kappa shape index (κ3) is 1.55. The molecule has 0 bridgehead atoms. The lowest BCUT2D eigenvalue weighted by Gasteiger charge is -2.07. The molecule has 0 fully saturated rings. The molecule has 0 aliphatic heterocycles. The molecule has 3 N–H and O–H groups in total. The lowest BCUT2D eigenvalue weighted by Crippen LogP contribution is -2.06. The minimum atomic E-state index is -0.230. The van der Waals surface area contributed by atoms with Gasteiger partial charge in [0, 0.05) is 6.04 Å². The Balaban J connectivity index is 3.24. The van der Waals surface area contributed by atoms with Crippen LogP contribution in [0.4, 0.5) is 0 Å². The van der Waals surface area contributed by atoms with Crippen molar-refractivity contribution in [1.29, 1.82) is 5.26 Å². The summed E-state index contributed by atoms with van der Waals surface area (Å²) in [7, 11) is 0. The Morgan fingerprint density at radius 1 is 1.58 bits per heavy atom. The zero-order valence-corrected chi connectivity index (χ0v) is 6.78. The van der Waals surface area contributed by atoms with Gasteiger partial charge in [-0.05, 0) is 30.7 Å². The Labute approximate surface area is 71.1 Å². The van der Waals surface area contributed by atoms with Crippen molar-refractivity contribution in [2.45, 2.75) is 13.0 Å². The second-order valence-electron chi connectivity index (χ2n) is 2.67. The normalized spacial score (nSPS) is 12.1. The second kappa shape index (κ2) is 3.24. The maximum atomic E-state index is 9.12. The summed E-state index contributed by atoms with van der Waals surface area (Å²) in [5.74, 6) is 0.140. The molecule has 0 saturated heterocycles. The summed E-state index contributed by atoms with van der Waals surface area (Å²) in [4.78, 5) is 0. The van der Waals surface area contributed by atoms with Crippen molar-refractivity contribution in [3.05, 3.63) is 29.3 Å². The molecule has 3 heteroatoms. The van der Waals surface area contributed by atoms with Crippen LogP contribution >= 0.6 is 0 Å². The van der Waals surface area contributed by atoms with Crippen molar-refractivity contribution >= 4 is 0 Å². The molecule has 1 aromatic rings. The Morgan fingerprint density at radius 2 is 2.25 bits per heavy atom. The highest BCUT2D eigenvalue weighted by Gasteiger charge is 2.06. The molecular weight excluding hydrogens is 152 g/mol. The molecule has 12 heavy (non-hydrogen) atoms. The van der Waals surface area contributed by atoms with Gasteiger partial charge in [0.05, 0.1) is 11.6 Å². The fourth-order valence-electron chi connectivity index (χ4n) is 1.03. The fraction of sp³-hybridized carbons (Fsp3) is 0.222. The number of nitriles is 1. The van der Waals surface area contributed by atoms with Gasteiger partial charge < -0.3 is 10.8 Å². The number of nitrogens with two attached hydrogens (primary N) is 1. The zero-order valence-electron chi connectivity index (χ0n) is 6.78. The highest BCUT2D eigenvalue weighted by molar-refractivity contribution is 5.43. The smallest absolute Gasteiger partial charge is 0.116 e. The average molecular weight is 162 g/mol. The molecule has 1 unspecified atom stereocenters. The number of rotatable bonds is 1. The molecule has 0 aliphatic carbocycles. The van der Waals surface area contributed by atoms with Gasteiger partial charge >= 0.3 is 0 Å². The molecule has 0 radical (unpaired) electrons. The van der Waals surface area contributed by atoms with Crippen LogP contribution in [0.5, 0.6) is 5.75 Å². The van der Waals surface area contributed by atoms with Crippen molar-refractivity contribution in [3.8, 4) is 11.8 Å². The van der Waals surface area contributed by atoms with Gasteiger partial charge in [0.15, 0.2) is 0 Å². The minimum absolute atomic E-state index is 0.140. The Bertz CT molecular complexity index is 326. The predicted molar refractivity (Wildman–Crippen MR) is 45.4 cm³/mol. The second-order valence-corrected chi connectivity index (χ2v) is 2.67. The molecule has 0 saturated carbocycles. The van der Waals surface area contributed by atoms with Crippen molar-refractivity contribution < 1.29 is 5.11 Å². The van der Waals surface area contributed by atoms with E-state index in [4.69, 9.17) is 16.1 Å². The first-order chi connectivity index (χ1) is 5.65. The minimum Gasteiger partial charge on any atom is -0.508 e. The quantitative estimate of drug-likeness (QED) is 0.653. The number of phenolic OH excluding ortho intramolecular Hbond substituents is 1. The van der Waals surface area contributed by atoms with E-state index in [-0.39, 0.29) is 11.8 Å². The summed E-state index contributed by atoms with van der Waals surface area (Å²) in [5, 5.41) is 17.8. The molecule has 1 rings (SSSR count). The molecule has 0 spiro atoms. The van der Waals surface area contributed by atoms with Crippen LogP contribution in [0.3, 0.4) is 0 Å². The van der Waals surface area contributed by atoms with Crippen LogP contribution in [0, 0.1) is 11.3 Å². The summed E-state index contributed by atoms with van der Waals surface area (Å²) >= 11 is 0. The van der Waals surface area contributed by atoms with Gasteiger partial charge in [0.2, 0.25) is 0 Å². The molecule has 3 nitrogen and oxygen atoms in total. The summed E-state index contributed by atoms with van der Waals surface area (Å²) in [5.41, 5.74) is 6.79. The SMILES string of the molecule is CC(N)c1cc(O)ccc1C#N. The third-order valence-electron chi connectivity index (χ3n) is 1.65. The highest BCUT2D eigenvalue weighted by Crippen LogP contribution is 2.20. The van der Waals surface area contributed by atoms with Gasteiger partial charge in [0.25, 0.3) is 0 Å². The predicted octanol–water partition coefficient (Wildman–Crippen LogP) is 1.28. The lowest BCUT2D eigenvalue weighted by molar-refractivity contribution is 0.474. The summed E-state index contributed by atoms with van der Waals surface area (Å²) < 4.78 is 0. The fourth-order valence-corrected chi connectivity index (χ4v) is 1.03. The third-order valence-corrected chi connectivity index (χ3v) is 1.65. The van der Waals surface area contributed by atoms with Crippen LogP contribution in [0.25, 0.3) is 0 Å². The molecule has 62 valence electrons. The van der Waals surface area contributed by atoms with Gasteiger partial charge in [-0.1, -0.05) is 0 Å². The van der Waals surface area contributed by atoms with Gasteiger partial charge in [-0.3, -0.25) is 0 Å². The van der Waals surface area contributed by atoms with Crippen LogP contribution in [0.1, 0.15) is 24.1 Å². The molecule has 1 atom stereocenters. The van der Waals surface area contributed by atoms with Crippen LogP contribution in [-0.4, -0.2) is 5.11 Å². The lowest BCUT2D eigenvalue weighted by atomic mass is 10.0. The van der Waals surface area contributed by atoms with Gasteiger partial charge in [0.1, 0.15) is 5.75 Å². The number of hydrogen-bond acceptors (Lipinski definition) is 3. The van der Waals surface area contributed by atoms with E-state index < -0.39 is 0 Å². The monoisotopic (exact) mass is 162 g/mol. The Morgan fingerprint density at radius 3 is 2.75 bits per heavy atom. The first-order valence-corrected chi connectivity index (χ1v) is 3.63. The molecule has 0 heterocycles. The van der Waals surface area contributed by atoms with E-state index >= 15 is 0 Å². The standard InChI is InChI=1S/C9H10N2O/c1-6(11)9-4-8(12)3-2-7(9)5-10/h2-4,6,12H,11H2,1H3. The van der Waals surface area contributed by atoms with Crippen LogP contribution < -0.4 is 5.73 Å². The van der Waals surface area contributed by atoms with Crippen molar-refractivity contribution in [2.75, 3.05) is 0 Å². The van der Waals surface area contributed by atoms with Crippen LogP contribution in [0.15, 0.2) is 18.2 Å². The van der Waals surface area contributed by atoms with Crippen LogP contribution in [-0.2, 0) is 0 Å². The molecule has 0 aliphatic rings.